The Morgan fingerprint density at radius 1 is 1.14 bits per heavy atom. The van der Waals surface area contributed by atoms with Gasteiger partial charge in [0.25, 0.3) is 5.91 Å². The molecule has 8 heteroatoms. The Labute approximate surface area is 166 Å². The van der Waals surface area contributed by atoms with Gasteiger partial charge in [0.1, 0.15) is 5.75 Å². The molecule has 3 aromatic rings. The van der Waals surface area contributed by atoms with E-state index in [1.165, 1.54) is 16.8 Å². The van der Waals surface area contributed by atoms with Crippen molar-refractivity contribution in [3.63, 3.8) is 0 Å². The van der Waals surface area contributed by atoms with Gasteiger partial charge in [-0.05, 0) is 29.8 Å². The summed E-state index contributed by atoms with van der Waals surface area (Å²) in [6.07, 6.45) is 0.767. The summed E-state index contributed by atoms with van der Waals surface area (Å²) >= 11 is 1.30. The quantitative estimate of drug-likeness (QED) is 0.650. The summed E-state index contributed by atoms with van der Waals surface area (Å²) in [5.41, 5.74) is 2.91. The molecule has 0 saturated carbocycles. The van der Waals surface area contributed by atoms with Gasteiger partial charge in [-0.25, -0.2) is 9.99 Å². The molecule has 142 valence electrons. The highest BCUT2D eigenvalue weighted by atomic mass is 32.2. The van der Waals surface area contributed by atoms with Crippen LogP contribution < -0.4 is 4.74 Å². The minimum Gasteiger partial charge on any atom is -0.497 e. The molecular weight excluding hydrogens is 374 g/mol. The van der Waals surface area contributed by atoms with Crippen molar-refractivity contribution < 1.29 is 9.53 Å². The number of amides is 1. The molecule has 0 radical (unpaired) electrons. The standard InChI is InChI=1S/C20H19N5O2S/c1-27-16-9-7-15(8-10-16)19-21-20(23-22-19)28-13-18(26)25-12-11-17(24-25)14-5-3-2-4-6-14/h2-10H,11-13H2,1H3,(H,21,22,23). The topological polar surface area (TPSA) is 83.5 Å². The number of nitrogens with one attached hydrogen (secondary N) is 1. The Morgan fingerprint density at radius 2 is 1.93 bits per heavy atom. The molecular formula is C20H19N5O2S. The van der Waals surface area contributed by atoms with Gasteiger partial charge in [0, 0.05) is 12.0 Å². The van der Waals surface area contributed by atoms with Crippen molar-refractivity contribution in [1.29, 1.82) is 0 Å². The Kier molecular flexibility index (Phi) is 5.38. The largest absolute Gasteiger partial charge is 0.497 e. The first kappa shape index (κ1) is 18.2. The van der Waals surface area contributed by atoms with Gasteiger partial charge < -0.3 is 4.74 Å². The van der Waals surface area contributed by atoms with Crippen LogP contribution in [0, 0.1) is 0 Å². The van der Waals surface area contributed by atoms with Gasteiger partial charge in [-0.15, -0.1) is 5.10 Å². The molecule has 0 spiro atoms. The third-order valence-electron chi connectivity index (χ3n) is 4.35. The van der Waals surface area contributed by atoms with Crippen LogP contribution in [0.4, 0.5) is 0 Å². The normalized spacial score (nSPS) is 13.5. The Hall–Kier alpha value is -3.13. The van der Waals surface area contributed by atoms with Gasteiger partial charge in [-0.3, -0.25) is 9.89 Å². The molecule has 1 N–H and O–H groups in total. The number of benzene rings is 2. The molecule has 0 aliphatic carbocycles. The summed E-state index contributed by atoms with van der Waals surface area (Å²) in [5, 5.41) is 13.6. The first-order chi connectivity index (χ1) is 13.7. The molecule has 1 amide bonds. The fourth-order valence-corrected chi connectivity index (χ4v) is 3.53. The van der Waals surface area contributed by atoms with Crippen molar-refractivity contribution in [3.05, 3.63) is 60.2 Å². The number of thioether (sulfide) groups is 1. The summed E-state index contributed by atoms with van der Waals surface area (Å²) in [7, 11) is 1.63. The molecule has 0 atom stereocenters. The number of nitrogens with zero attached hydrogens (tertiary/aromatic N) is 4. The van der Waals surface area contributed by atoms with Crippen LogP contribution >= 0.6 is 11.8 Å². The van der Waals surface area contributed by atoms with Gasteiger partial charge >= 0.3 is 0 Å². The van der Waals surface area contributed by atoms with Crippen LogP contribution in [0.5, 0.6) is 5.75 Å². The van der Waals surface area contributed by atoms with Crippen LogP contribution in [0.25, 0.3) is 11.4 Å². The monoisotopic (exact) mass is 393 g/mol. The zero-order chi connectivity index (χ0) is 19.3. The number of aromatic nitrogens is 3. The molecule has 0 unspecified atom stereocenters. The van der Waals surface area contributed by atoms with E-state index >= 15 is 0 Å². The van der Waals surface area contributed by atoms with E-state index in [0.717, 1.165) is 29.0 Å². The highest BCUT2D eigenvalue weighted by Crippen LogP contribution is 2.22. The van der Waals surface area contributed by atoms with Crippen molar-refractivity contribution in [3.8, 4) is 17.1 Å². The number of carbonyl (C=O) groups excluding carboxylic acids is 1. The molecule has 1 aromatic heterocycles. The Balaban J connectivity index is 1.35. The van der Waals surface area contributed by atoms with E-state index < -0.39 is 0 Å². The van der Waals surface area contributed by atoms with Crippen molar-refractivity contribution >= 4 is 23.4 Å². The van der Waals surface area contributed by atoms with E-state index in [0.29, 0.717) is 17.5 Å². The summed E-state index contributed by atoms with van der Waals surface area (Å²) in [6, 6.07) is 17.5. The predicted octanol–water partition coefficient (Wildman–Crippen LogP) is 3.21. The lowest BCUT2D eigenvalue weighted by atomic mass is 10.1. The first-order valence-corrected chi connectivity index (χ1v) is 9.84. The van der Waals surface area contributed by atoms with Crippen molar-refractivity contribution in [2.75, 3.05) is 19.4 Å². The van der Waals surface area contributed by atoms with Gasteiger partial charge in [-0.2, -0.15) is 5.10 Å². The zero-order valence-electron chi connectivity index (χ0n) is 15.3. The van der Waals surface area contributed by atoms with Gasteiger partial charge in [0.15, 0.2) is 5.82 Å². The smallest absolute Gasteiger partial charge is 0.253 e. The SMILES string of the molecule is COc1ccc(-c2nc(SCC(=O)N3CCC(c4ccccc4)=N3)n[nH]2)cc1. The fourth-order valence-electron chi connectivity index (χ4n) is 2.86. The number of hydrogen-bond acceptors (Lipinski definition) is 6. The van der Waals surface area contributed by atoms with Crippen LogP contribution in [0.15, 0.2) is 64.9 Å². The number of hydrogen-bond donors (Lipinski definition) is 1. The van der Waals surface area contributed by atoms with E-state index in [-0.39, 0.29) is 11.7 Å². The molecule has 2 aromatic carbocycles. The Morgan fingerprint density at radius 3 is 2.68 bits per heavy atom. The summed E-state index contributed by atoms with van der Waals surface area (Å²) in [4.78, 5) is 16.9. The van der Waals surface area contributed by atoms with Crippen LogP contribution in [-0.4, -0.2) is 51.2 Å². The molecule has 0 bridgehead atoms. The van der Waals surface area contributed by atoms with E-state index in [9.17, 15) is 4.79 Å². The Bertz CT molecular complexity index is 985. The van der Waals surface area contributed by atoms with Gasteiger partial charge in [0.05, 0.1) is 25.1 Å². The van der Waals surface area contributed by atoms with Crippen molar-refractivity contribution in [1.82, 2.24) is 20.2 Å². The summed E-state index contributed by atoms with van der Waals surface area (Å²) in [5.74, 6) is 1.63. The maximum atomic E-state index is 12.5. The van der Waals surface area contributed by atoms with Crippen LogP contribution in [0.2, 0.25) is 0 Å². The number of aromatic amines is 1. The zero-order valence-corrected chi connectivity index (χ0v) is 16.1. The van der Waals surface area contributed by atoms with Crippen LogP contribution in [0.1, 0.15) is 12.0 Å². The van der Waals surface area contributed by atoms with Crippen molar-refractivity contribution in [2.24, 2.45) is 5.10 Å². The lowest BCUT2D eigenvalue weighted by molar-refractivity contribution is -0.127. The average Bonchev–Trinajstić information content (AvgIpc) is 3.43. The third kappa shape index (κ3) is 4.07. The number of methoxy groups -OCH3 is 1. The third-order valence-corrected chi connectivity index (χ3v) is 5.18. The maximum absolute atomic E-state index is 12.5. The maximum Gasteiger partial charge on any atom is 0.253 e. The first-order valence-electron chi connectivity index (χ1n) is 8.86. The van der Waals surface area contributed by atoms with E-state index in [2.05, 4.69) is 20.3 Å². The number of carbonyl (C=O) groups is 1. The highest BCUT2D eigenvalue weighted by Gasteiger charge is 2.22. The number of H-pyrrole nitrogens is 1. The molecule has 1 aliphatic heterocycles. The van der Waals surface area contributed by atoms with Crippen LogP contribution in [0.3, 0.4) is 0 Å². The predicted molar refractivity (Wildman–Crippen MR) is 108 cm³/mol. The lowest BCUT2D eigenvalue weighted by Gasteiger charge is -2.09. The second-order valence-electron chi connectivity index (χ2n) is 6.16. The minimum absolute atomic E-state index is 0.0493. The van der Waals surface area contributed by atoms with Gasteiger partial charge in [-0.1, -0.05) is 42.1 Å². The van der Waals surface area contributed by atoms with Crippen molar-refractivity contribution in [2.45, 2.75) is 11.6 Å². The molecule has 2 heterocycles. The van der Waals surface area contributed by atoms with E-state index in [4.69, 9.17) is 4.74 Å². The molecule has 28 heavy (non-hydrogen) atoms. The number of hydrazone groups is 1. The van der Waals surface area contributed by atoms with E-state index in [1.807, 2.05) is 54.6 Å². The molecule has 4 rings (SSSR count). The second-order valence-corrected chi connectivity index (χ2v) is 7.11. The van der Waals surface area contributed by atoms with Crippen LogP contribution in [-0.2, 0) is 4.79 Å². The second kappa shape index (κ2) is 8.26. The molecule has 0 saturated heterocycles. The molecule has 7 nitrogen and oxygen atoms in total. The van der Waals surface area contributed by atoms with Gasteiger partial charge in [0.2, 0.25) is 5.16 Å². The average molecular weight is 393 g/mol. The lowest BCUT2D eigenvalue weighted by Crippen LogP contribution is -2.25. The molecule has 1 aliphatic rings. The minimum atomic E-state index is -0.0493. The van der Waals surface area contributed by atoms with E-state index in [1.54, 1.807) is 7.11 Å². The summed E-state index contributed by atoms with van der Waals surface area (Å²) in [6.45, 7) is 0.606. The highest BCUT2D eigenvalue weighted by molar-refractivity contribution is 7.99. The number of ether oxygens (including phenoxy) is 1. The fraction of sp³-hybridized carbons (Fsp3) is 0.200. The number of rotatable bonds is 6. The summed E-state index contributed by atoms with van der Waals surface area (Å²) < 4.78 is 5.16. The molecule has 0 fully saturated rings.